The van der Waals surface area contributed by atoms with Crippen molar-refractivity contribution in [2.24, 2.45) is 4.99 Å². The number of isocyanates is 1. The van der Waals surface area contributed by atoms with Crippen molar-refractivity contribution in [2.45, 2.75) is 17.4 Å². The Morgan fingerprint density at radius 3 is 3.21 bits per heavy atom. The van der Waals surface area contributed by atoms with Crippen LogP contribution in [0, 0.1) is 0 Å². The molecule has 0 fully saturated rings. The van der Waals surface area contributed by atoms with E-state index in [4.69, 9.17) is 11.6 Å². The largest absolute Gasteiger partial charge is 0.235 e. The number of thioether (sulfide) groups is 1. The molecule has 2 nitrogen and oxygen atoms in total. The van der Waals surface area contributed by atoms with Crippen molar-refractivity contribution < 1.29 is 4.79 Å². The smallest absolute Gasteiger partial charge is 0.211 e. The van der Waals surface area contributed by atoms with Crippen LogP contribution in [-0.2, 0) is 4.79 Å². The highest BCUT2D eigenvalue weighted by Gasteiger charge is 2.21. The second-order valence-corrected chi connectivity index (χ2v) is 4.54. The summed E-state index contributed by atoms with van der Waals surface area (Å²) in [6.45, 7) is 0. The highest BCUT2D eigenvalue weighted by atomic mass is 35.5. The minimum absolute atomic E-state index is 0.0533. The zero-order valence-electron chi connectivity index (χ0n) is 7.37. The molecule has 0 amide bonds. The molecule has 0 radical (unpaired) electrons. The van der Waals surface area contributed by atoms with E-state index in [9.17, 15) is 4.79 Å². The van der Waals surface area contributed by atoms with Gasteiger partial charge in [-0.2, -0.15) is 4.99 Å². The maximum absolute atomic E-state index is 10.2. The van der Waals surface area contributed by atoms with E-state index in [0.717, 1.165) is 27.7 Å². The van der Waals surface area contributed by atoms with E-state index in [2.05, 4.69) is 4.99 Å². The summed E-state index contributed by atoms with van der Waals surface area (Å²) in [7, 11) is 0. The first-order valence-corrected chi connectivity index (χ1v) is 5.67. The number of rotatable bonds is 1. The predicted molar refractivity (Wildman–Crippen MR) is 57.7 cm³/mol. The Hall–Kier alpha value is -0.760. The SMILES string of the molecule is O=C=NC1CCSc2c(Cl)cccc21. The summed E-state index contributed by atoms with van der Waals surface area (Å²) in [5, 5.41) is 0.748. The Balaban J connectivity index is 2.49. The summed E-state index contributed by atoms with van der Waals surface area (Å²) < 4.78 is 0. The highest BCUT2D eigenvalue weighted by Crippen LogP contribution is 2.41. The first kappa shape index (κ1) is 9.78. The van der Waals surface area contributed by atoms with E-state index in [0.29, 0.717) is 0 Å². The van der Waals surface area contributed by atoms with Gasteiger partial charge in [0.2, 0.25) is 6.08 Å². The molecule has 0 aromatic heterocycles. The van der Waals surface area contributed by atoms with Crippen LogP contribution in [0.5, 0.6) is 0 Å². The summed E-state index contributed by atoms with van der Waals surface area (Å²) in [6.07, 6.45) is 2.50. The lowest BCUT2D eigenvalue weighted by molar-refractivity contribution is 0.555. The second-order valence-electron chi connectivity index (χ2n) is 3.03. The van der Waals surface area contributed by atoms with Crippen LogP contribution < -0.4 is 0 Å². The lowest BCUT2D eigenvalue weighted by Gasteiger charge is -2.21. The average Bonchev–Trinajstić information content (AvgIpc) is 2.20. The molecule has 0 N–H and O–H groups in total. The van der Waals surface area contributed by atoms with Gasteiger partial charge in [-0.3, -0.25) is 0 Å². The molecule has 1 unspecified atom stereocenters. The summed E-state index contributed by atoms with van der Waals surface area (Å²) in [5.41, 5.74) is 1.05. The van der Waals surface area contributed by atoms with Gasteiger partial charge in [0, 0.05) is 10.6 Å². The van der Waals surface area contributed by atoms with Crippen LogP contribution >= 0.6 is 23.4 Å². The fraction of sp³-hybridized carbons (Fsp3) is 0.300. The standard InChI is InChI=1S/C10H8ClNOS/c11-8-3-1-2-7-9(12-6-13)4-5-14-10(7)8/h1-3,9H,4-5H2. The molecule has 72 valence electrons. The molecule has 0 bridgehead atoms. The molecule has 0 aliphatic carbocycles. The molecule has 0 saturated heterocycles. The van der Waals surface area contributed by atoms with Gasteiger partial charge in [0.05, 0.1) is 11.1 Å². The molecule has 1 aromatic carbocycles. The Bertz CT molecular complexity index is 401. The molecule has 1 heterocycles. The van der Waals surface area contributed by atoms with Crippen molar-refractivity contribution in [3.8, 4) is 0 Å². The van der Waals surface area contributed by atoms with Crippen LogP contribution in [-0.4, -0.2) is 11.8 Å². The Morgan fingerprint density at radius 1 is 1.57 bits per heavy atom. The first-order valence-electron chi connectivity index (χ1n) is 4.31. The number of hydrogen-bond acceptors (Lipinski definition) is 3. The minimum Gasteiger partial charge on any atom is -0.211 e. The molecular formula is C10H8ClNOS. The second kappa shape index (κ2) is 4.18. The molecule has 1 aliphatic rings. The van der Waals surface area contributed by atoms with Gasteiger partial charge in [-0.05, 0) is 18.1 Å². The summed E-state index contributed by atoms with van der Waals surface area (Å²) in [4.78, 5) is 15.1. The molecule has 2 rings (SSSR count). The van der Waals surface area contributed by atoms with Crippen molar-refractivity contribution in [3.63, 3.8) is 0 Å². The summed E-state index contributed by atoms with van der Waals surface area (Å²) in [6, 6.07) is 5.67. The third kappa shape index (κ3) is 1.71. The van der Waals surface area contributed by atoms with Crippen LogP contribution in [0.1, 0.15) is 18.0 Å². The lowest BCUT2D eigenvalue weighted by atomic mass is 10.0. The quantitative estimate of drug-likeness (QED) is 0.543. The highest BCUT2D eigenvalue weighted by molar-refractivity contribution is 7.99. The lowest BCUT2D eigenvalue weighted by Crippen LogP contribution is -2.05. The number of nitrogens with zero attached hydrogens (tertiary/aromatic N) is 1. The van der Waals surface area contributed by atoms with Crippen molar-refractivity contribution >= 4 is 29.4 Å². The minimum atomic E-state index is -0.0533. The van der Waals surface area contributed by atoms with Crippen LogP contribution in [0.3, 0.4) is 0 Å². The fourth-order valence-corrected chi connectivity index (χ4v) is 3.03. The average molecular weight is 226 g/mol. The Morgan fingerprint density at radius 2 is 2.43 bits per heavy atom. The third-order valence-corrected chi connectivity index (χ3v) is 3.81. The van der Waals surface area contributed by atoms with Crippen molar-refractivity contribution in [2.75, 3.05) is 5.75 Å². The summed E-state index contributed by atoms with van der Waals surface area (Å²) >= 11 is 7.77. The first-order chi connectivity index (χ1) is 6.83. The molecule has 1 atom stereocenters. The maximum Gasteiger partial charge on any atom is 0.235 e. The number of aliphatic imine (C=N–C) groups is 1. The van der Waals surface area contributed by atoms with Crippen molar-refractivity contribution in [1.82, 2.24) is 0 Å². The van der Waals surface area contributed by atoms with E-state index >= 15 is 0 Å². The van der Waals surface area contributed by atoms with Crippen molar-refractivity contribution in [3.05, 3.63) is 28.8 Å². The van der Waals surface area contributed by atoms with Gasteiger partial charge in [0.15, 0.2) is 0 Å². The van der Waals surface area contributed by atoms with E-state index in [1.54, 1.807) is 17.8 Å². The summed E-state index contributed by atoms with van der Waals surface area (Å²) in [5.74, 6) is 0.951. The van der Waals surface area contributed by atoms with Gasteiger partial charge in [0.25, 0.3) is 0 Å². The fourth-order valence-electron chi connectivity index (χ4n) is 1.57. The number of halogens is 1. The van der Waals surface area contributed by atoms with Crippen LogP contribution in [0.15, 0.2) is 28.1 Å². The van der Waals surface area contributed by atoms with Crippen molar-refractivity contribution in [1.29, 1.82) is 0 Å². The van der Waals surface area contributed by atoms with E-state index in [1.165, 1.54) is 0 Å². The van der Waals surface area contributed by atoms with E-state index < -0.39 is 0 Å². The number of fused-ring (bicyclic) bond motifs is 1. The van der Waals surface area contributed by atoms with E-state index in [1.807, 2.05) is 18.2 Å². The Labute approximate surface area is 91.4 Å². The van der Waals surface area contributed by atoms with Gasteiger partial charge >= 0.3 is 0 Å². The molecule has 1 aliphatic heterocycles. The van der Waals surface area contributed by atoms with Crippen LogP contribution in [0.2, 0.25) is 5.02 Å². The molecule has 4 heteroatoms. The van der Waals surface area contributed by atoms with Gasteiger partial charge in [-0.15, -0.1) is 11.8 Å². The Kier molecular flexibility index (Phi) is 2.92. The topological polar surface area (TPSA) is 29.4 Å². The van der Waals surface area contributed by atoms with Crippen LogP contribution in [0.4, 0.5) is 0 Å². The zero-order valence-corrected chi connectivity index (χ0v) is 8.94. The molecular weight excluding hydrogens is 218 g/mol. The van der Waals surface area contributed by atoms with Gasteiger partial charge in [-0.25, -0.2) is 4.79 Å². The van der Waals surface area contributed by atoms with Gasteiger partial charge in [-0.1, -0.05) is 23.7 Å². The maximum atomic E-state index is 10.2. The number of benzene rings is 1. The van der Waals surface area contributed by atoms with E-state index in [-0.39, 0.29) is 6.04 Å². The molecule has 0 saturated carbocycles. The zero-order chi connectivity index (χ0) is 9.97. The number of hydrogen-bond donors (Lipinski definition) is 0. The molecule has 1 aromatic rings. The van der Waals surface area contributed by atoms with Gasteiger partial charge < -0.3 is 0 Å². The number of carbonyl (C=O) groups excluding carboxylic acids is 1. The van der Waals surface area contributed by atoms with Gasteiger partial charge in [0.1, 0.15) is 0 Å². The molecule has 14 heavy (non-hydrogen) atoms. The predicted octanol–water partition coefficient (Wildman–Crippen LogP) is 3.21. The third-order valence-electron chi connectivity index (χ3n) is 2.20. The normalized spacial score (nSPS) is 19.6. The monoisotopic (exact) mass is 225 g/mol. The molecule has 0 spiro atoms. The van der Waals surface area contributed by atoms with Crippen LogP contribution in [0.25, 0.3) is 0 Å².